The molecule has 2 nitrogen and oxygen atoms in total. The smallest absolute Gasteiger partial charge is 0.402 e. The molecule has 0 N–H and O–H groups in total. The van der Waals surface area contributed by atoms with Gasteiger partial charge in [-0.15, -0.1) is 0 Å². The van der Waals surface area contributed by atoms with Crippen LogP contribution in [-0.2, 0) is 15.7 Å². The lowest BCUT2D eigenvalue weighted by Crippen LogP contribution is -2.45. The lowest BCUT2D eigenvalue weighted by molar-refractivity contribution is 0.106. The Morgan fingerprint density at radius 2 is 1.40 bits per heavy atom. The zero-order valence-corrected chi connectivity index (χ0v) is 18.2. The first-order chi connectivity index (χ1) is 14.5. The average Bonchev–Trinajstić information content (AvgIpc) is 3.37. The molecule has 2 aliphatic rings. The molecule has 3 aromatic carbocycles. The van der Waals surface area contributed by atoms with Crippen LogP contribution in [0.4, 0.5) is 0 Å². The molecule has 30 heavy (non-hydrogen) atoms. The first kappa shape index (κ1) is 19.6. The van der Waals surface area contributed by atoms with Gasteiger partial charge in [0.15, 0.2) is 0 Å². The number of benzene rings is 3. The molecule has 0 amide bonds. The van der Waals surface area contributed by atoms with Gasteiger partial charge < -0.3 is 9.47 Å². The van der Waals surface area contributed by atoms with E-state index in [-0.39, 0.29) is 12.5 Å². The Bertz CT molecular complexity index is 955. The Morgan fingerprint density at radius 3 is 1.93 bits per heavy atom. The van der Waals surface area contributed by atoms with Crippen LogP contribution in [0.1, 0.15) is 50.3 Å². The van der Waals surface area contributed by atoms with Crippen molar-refractivity contribution in [2.45, 2.75) is 50.7 Å². The van der Waals surface area contributed by atoms with Crippen LogP contribution < -0.4 is 5.46 Å². The highest BCUT2D eigenvalue weighted by Crippen LogP contribution is 2.48. The molecule has 2 fully saturated rings. The van der Waals surface area contributed by atoms with Gasteiger partial charge in [0.25, 0.3) is 0 Å². The molecule has 1 atom stereocenters. The van der Waals surface area contributed by atoms with Crippen LogP contribution in [0.3, 0.4) is 0 Å². The Balaban J connectivity index is 1.61. The first-order valence-electron chi connectivity index (χ1n) is 11.2. The van der Waals surface area contributed by atoms with Gasteiger partial charge >= 0.3 is 7.05 Å². The van der Waals surface area contributed by atoms with E-state index in [1.54, 1.807) is 0 Å². The molecule has 0 bridgehead atoms. The lowest BCUT2D eigenvalue weighted by Gasteiger charge is -2.36. The minimum atomic E-state index is -0.438. The predicted octanol–water partition coefficient (Wildman–Crippen LogP) is 5.12. The molecule has 152 valence electrons. The van der Waals surface area contributed by atoms with Gasteiger partial charge in [0.05, 0.1) is 0 Å². The van der Waals surface area contributed by atoms with Crippen molar-refractivity contribution < 1.29 is 4.65 Å². The molecular formula is C27H30BNO. The van der Waals surface area contributed by atoms with Crippen LogP contribution in [0.15, 0.2) is 84.9 Å². The summed E-state index contributed by atoms with van der Waals surface area (Å²) in [6, 6.07) is 31.1. The Hall–Kier alpha value is -2.36. The largest absolute Gasteiger partial charge is 0.419 e. The second-order valence-electron chi connectivity index (χ2n) is 9.71. The summed E-state index contributed by atoms with van der Waals surface area (Å²) in [7, 11) is -0.0214. The molecule has 5 rings (SSSR count). The van der Waals surface area contributed by atoms with Gasteiger partial charge in [0.1, 0.15) is 5.60 Å². The van der Waals surface area contributed by atoms with Gasteiger partial charge in [0, 0.05) is 6.04 Å². The SMILES string of the molecule is CC(C)(C)c1ccc(B2OC(c3ccccc3)(c3ccccc3)[C@@H]3CCCN23)cc1. The Morgan fingerprint density at radius 1 is 0.833 bits per heavy atom. The molecule has 3 aromatic rings. The zero-order valence-electron chi connectivity index (χ0n) is 18.2. The number of hydrogen-bond acceptors (Lipinski definition) is 2. The van der Waals surface area contributed by atoms with E-state index in [1.807, 2.05) is 0 Å². The van der Waals surface area contributed by atoms with Gasteiger partial charge in [0.2, 0.25) is 0 Å². The molecule has 0 spiro atoms. The topological polar surface area (TPSA) is 12.5 Å². The normalized spacial score (nSPS) is 21.0. The maximum Gasteiger partial charge on any atom is 0.419 e. The molecule has 0 radical (unpaired) electrons. The van der Waals surface area contributed by atoms with Crippen LogP contribution in [0.2, 0.25) is 0 Å². The third-order valence-electron chi connectivity index (χ3n) is 6.83. The maximum atomic E-state index is 7.13. The highest BCUT2D eigenvalue weighted by Gasteiger charge is 2.58. The summed E-state index contributed by atoms with van der Waals surface area (Å²) in [5, 5.41) is 0. The summed E-state index contributed by atoms with van der Waals surface area (Å²) in [5.74, 6) is 0. The Kier molecular flexibility index (Phi) is 4.84. The van der Waals surface area contributed by atoms with Crippen molar-refractivity contribution >= 4 is 12.5 Å². The summed E-state index contributed by atoms with van der Waals surface area (Å²) >= 11 is 0. The van der Waals surface area contributed by atoms with Crippen molar-refractivity contribution in [3.05, 3.63) is 102 Å². The van der Waals surface area contributed by atoms with E-state index in [4.69, 9.17) is 4.65 Å². The molecule has 0 unspecified atom stereocenters. The number of fused-ring (bicyclic) bond motifs is 1. The molecular weight excluding hydrogens is 365 g/mol. The van der Waals surface area contributed by atoms with Crippen molar-refractivity contribution in [3.63, 3.8) is 0 Å². The van der Waals surface area contributed by atoms with E-state index in [9.17, 15) is 0 Å². The third-order valence-corrected chi connectivity index (χ3v) is 6.83. The minimum Gasteiger partial charge on any atom is -0.402 e. The van der Waals surface area contributed by atoms with Crippen LogP contribution >= 0.6 is 0 Å². The van der Waals surface area contributed by atoms with Gasteiger partial charge in [-0.05, 0) is 47.0 Å². The standard InChI is InChI=1S/C27H30BNO/c1-26(2,3)21-16-18-24(19-17-21)28-29-20-10-15-25(29)27(30-28,22-11-6-4-7-12-22)23-13-8-5-9-14-23/h4-9,11-14,16-19,25H,10,15,20H2,1-3H3/t25-/m0/s1. The highest BCUT2D eigenvalue weighted by atomic mass is 16.5. The molecule has 2 aliphatic heterocycles. The zero-order chi connectivity index (χ0) is 20.8. The molecule has 3 heteroatoms. The van der Waals surface area contributed by atoms with Crippen LogP contribution in [-0.4, -0.2) is 24.4 Å². The second kappa shape index (κ2) is 7.41. The molecule has 0 saturated carbocycles. The average molecular weight is 395 g/mol. The van der Waals surface area contributed by atoms with E-state index in [1.165, 1.54) is 28.6 Å². The lowest BCUT2D eigenvalue weighted by atomic mass is 9.71. The fourth-order valence-corrected chi connectivity index (χ4v) is 5.29. The fourth-order valence-electron chi connectivity index (χ4n) is 5.29. The molecule has 2 saturated heterocycles. The second-order valence-corrected chi connectivity index (χ2v) is 9.71. The van der Waals surface area contributed by atoms with E-state index < -0.39 is 5.60 Å². The molecule has 2 heterocycles. The van der Waals surface area contributed by atoms with E-state index in [0.29, 0.717) is 6.04 Å². The number of nitrogens with zero attached hydrogens (tertiary/aromatic N) is 1. The van der Waals surface area contributed by atoms with Crippen molar-refractivity contribution in [3.8, 4) is 0 Å². The quantitative estimate of drug-likeness (QED) is 0.571. The van der Waals surface area contributed by atoms with E-state index in [0.717, 1.165) is 13.0 Å². The van der Waals surface area contributed by atoms with E-state index in [2.05, 4.69) is 111 Å². The van der Waals surface area contributed by atoms with Crippen molar-refractivity contribution in [1.82, 2.24) is 4.81 Å². The van der Waals surface area contributed by atoms with Crippen LogP contribution in [0.5, 0.6) is 0 Å². The number of rotatable bonds is 3. The van der Waals surface area contributed by atoms with Crippen molar-refractivity contribution in [2.75, 3.05) is 6.54 Å². The summed E-state index contributed by atoms with van der Waals surface area (Å²) in [4.78, 5) is 2.59. The van der Waals surface area contributed by atoms with Gasteiger partial charge in [-0.25, -0.2) is 0 Å². The van der Waals surface area contributed by atoms with Gasteiger partial charge in [-0.3, -0.25) is 0 Å². The van der Waals surface area contributed by atoms with Crippen LogP contribution in [0.25, 0.3) is 0 Å². The first-order valence-corrected chi connectivity index (χ1v) is 11.2. The van der Waals surface area contributed by atoms with Crippen LogP contribution in [0, 0.1) is 0 Å². The Labute approximate surface area is 181 Å². The van der Waals surface area contributed by atoms with Gasteiger partial charge in [-0.1, -0.05) is 106 Å². The predicted molar refractivity (Wildman–Crippen MR) is 125 cm³/mol. The third kappa shape index (κ3) is 3.12. The summed E-state index contributed by atoms with van der Waals surface area (Å²) < 4.78 is 7.13. The summed E-state index contributed by atoms with van der Waals surface area (Å²) in [5.41, 5.74) is 4.84. The van der Waals surface area contributed by atoms with Gasteiger partial charge in [-0.2, -0.15) is 0 Å². The summed E-state index contributed by atoms with van der Waals surface area (Å²) in [6.45, 7) is 7.87. The monoisotopic (exact) mass is 395 g/mol. The van der Waals surface area contributed by atoms with Crippen molar-refractivity contribution in [1.29, 1.82) is 0 Å². The van der Waals surface area contributed by atoms with Crippen molar-refractivity contribution in [2.24, 2.45) is 0 Å². The highest BCUT2D eigenvalue weighted by molar-refractivity contribution is 6.65. The molecule has 0 aliphatic carbocycles. The molecule has 0 aromatic heterocycles. The summed E-state index contributed by atoms with van der Waals surface area (Å²) in [6.07, 6.45) is 2.37. The minimum absolute atomic E-state index is 0.0214. The fraction of sp³-hybridized carbons (Fsp3) is 0.333. The van der Waals surface area contributed by atoms with E-state index >= 15 is 0 Å². The maximum absolute atomic E-state index is 7.13. The number of hydrogen-bond donors (Lipinski definition) is 0.